The van der Waals surface area contributed by atoms with Crippen LogP contribution >= 0.6 is 0 Å². The summed E-state index contributed by atoms with van der Waals surface area (Å²) in [5.74, 6) is 1.61. The average Bonchev–Trinajstić information content (AvgIpc) is 3.28. The van der Waals surface area contributed by atoms with Gasteiger partial charge in [0.1, 0.15) is 23.6 Å². The molecule has 3 heterocycles. The van der Waals surface area contributed by atoms with Crippen molar-refractivity contribution in [1.82, 2.24) is 9.38 Å². The summed E-state index contributed by atoms with van der Waals surface area (Å²) in [4.78, 5) is 6.56. The highest BCUT2D eigenvalue weighted by Gasteiger charge is 2.20. The predicted octanol–water partition coefficient (Wildman–Crippen LogP) is 4.38. The number of hydrogen-bond donors (Lipinski definition) is 0. The van der Waals surface area contributed by atoms with Gasteiger partial charge in [-0.05, 0) is 35.9 Å². The molecule has 2 aromatic heterocycles. The lowest BCUT2D eigenvalue weighted by atomic mass is 9.97. The third-order valence-electron chi connectivity index (χ3n) is 5.54. The minimum Gasteiger partial charge on any atom is -0.494 e. The second-order valence-electron chi connectivity index (χ2n) is 7.27. The number of rotatable bonds is 3. The maximum Gasteiger partial charge on any atom is 0.145 e. The van der Waals surface area contributed by atoms with Crippen molar-refractivity contribution < 1.29 is 9.47 Å². The van der Waals surface area contributed by atoms with Crippen molar-refractivity contribution in [3.05, 3.63) is 66.6 Å². The van der Waals surface area contributed by atoms with Gasteiger partial charge >= 0.3 is 0 Å². The van der Waals surface area contributed by atoms with Crippen LogP contribution in [0.1, 0.15) is 5.56 Å². The van der Waals surface area contributed by atoms with E-state index in [-0.39, 0.29) is 0 Å². The summed E-state index contributed by atoms with van der Waals surface area (Å²) >= 11 is 0. The van der Waals surface area contributed by atoms with Gasteiger partial charge in [-0.25, -0.2) is 4.98 Å². The maximum absolute atomic E-state index is 9.16. The molecule has 0 spiro atoms. The van der Waals surface area contributed by atoms with Crippen molar-refractivity contribution in [2.24, 2.45) is 0 Å². The number of aromatic nitrogens is 2. The van der Waals surface area contributed by atoms with Gasteiger partial charge in [-0.2, -0.15) is 5.26 Å². The number of likely N-dealkylation sites (N-methyl/N-ethyl adjacent to an activating group) is 1. The molecule has 0 aliphatic carbocycles. The zero-order chi connectivity index (χ0) is 20.7. The third-order valence-corrected chi connectivity index (χ3v) is 5.54. The second kappa shape index (κ2) is 7.12. The minimum absolute atomic E-state index is 0.626. The number of nitriles is 1. The third kappa shape index (κ3) is 2.83. The molecule has 0 saturated heterocycles. The summed E-state index contributed by atoms with van der Waals surface area (Å²) in [6.07, 6.45) is 3.60. The number of methoxy groups -OCH3 is 1. The second-order valence-corrected chi connectivity index (χ2v) is 7.27. The molecular weight excluding hydrogens is 376 g/mol. The first-order chi connectivity index (χ1) is 14.7. The number of imidazole rings is 1. The highest BCUT2D eigenvalue weighted by atomic mass is 16.5. The van der Waals surface area contributed by atoms with E-state index in [1.54, 1.807) is 19.6 Å². The molecule has 1 aliphatic heterocycles. The quantitative estimate of drug-likeness (QED) is 0.514. The lowest BCUT2D eigenvalue weighted by Gasteiger charge is -2.28. The molecule has 5 rings (SSSR count). The summed E-state index contributed by atoms with van der Waals surface area (Å²) in [6, 6.07) is 18.1. The van der Waals surface area contributed by atoms with E-state index in [0.29, 0.717) is 12.2 Å². The molecule has 0 saturated carbocycles. The van der Waals surface area contributed by atoms with Gasteiger partial charge in [0, 0.05) is 18.2 Å². The zero-order valence-corrected chi connectivity index (χ0v) is 16.8. The summed E-state index contributed by atoms with van der Waals surface area (Å²) in [5, 5.41) is 9.16. The topological polar surface area (TPSA) is 62.8 Å². The van der Waals surface area contributed by atoms with E-state index in [2.05, 4.69) is 41.2 Å². The van der Waals surface area contributed by atoms with Crippen LogP contribution in [0.3, 0.4) is 0 Å². The molecule has 0 N–H and O–H groups in total. The Morgan fingerprint density at radius 2 is 1.90 bits per heavy atom. The van der Waals surface area contributed by atoms with Crippen LogP contribution in [0, 0.1) is 11.3 Å². The van der Waals surface area contributed by atoms with Crippen LogP contribution in [0.4, 0.5) is 5.69 Å². The molecule has 0 fully saturated rings. The Morgan fingerprint density at radius 1 is 1.10 bits per heavy atom. The fourth-order valence-corrected chi connectivity index (χ4v) is 3.97. The fourth-order valence-electron chi connectivity index (χ4n) is 3.97. The number of benzene rings is 2. The standard InChI is InChI=1S/C24H20N4O2/c1-27-9-10-30-23-11-18(7-8-20(23)27)24-19(17-5-3-16(13-25)4-6-17)12-22(29-2)21-14-26-15-28(21)24/h3-8,11-12,14-15H,9-10H2,1-2H3. The number of ether oxygens (including phenoxy) is 2. The van der Waals surface area contributed by atoms with E-state index in [4.69, 9.17) is 14.7 Å². The first-order valence-corrected chi connectivity index (χ1v) is 9.71. The van der Waals surface area contributed by atoms with E-state index in [1.165, 1.54) is 0 Å². The number of pyridine rings is 1. The minimum atomic E-state index is 0.626. The molecular formula is C24H20N4O2. The molecule has 2 aromatic carbocycles. The Labute approximate surface area is 174 Å². The van der Waals surface area contributed by atoms with E-state index >= 15 is 0 Å². The summed E-state index contributed by atoms with van der Waals surface area (Å²) in [6.45, 7) is 1.54. The van der Waals surface area contributed by atoms with Crippen LogP contribution < -0.4 is 14.4 Å². The highest BCUT2D eigenvalue weighted by molar-refractivity contribution is 5.87. The van der Waals surface area contributed by atoms with E-state index in [1.807, 2.05) is 34.7 Å². The molecule has 0 atom stereocenters. The largest absolute Gasteiger partial charge is 0.494 e. The van der Waals surface area contributed by atoms with Gasteiger partial charge in [-0.15, -0.1) is 0 Å². The summed E-state index contributed by atoms with van der Waals surface area (Å²) < 4.78 is 13.6. The molecule has 0 unspecified atom stereocenters. The number of hydrogen-bond acceptors (Lipinski definition) is 5. The van der Waals surface area contributed by atoms with Crippen molar-refractivity contribution in [1.29, 1.82) is 5.26 Å². The van der Waals surface area contributed by atoms with Crippen molar-refractivity contribution in [2.75, 3.05) is 32.2 Å². The van der Waals surface area contributed by atoms with Crippen molar-refractivity contribution in [2.45, 2.75) is 0 Å². The molecule has 1 aliphatic rings. The molecule has 0 bridgehead atoms. The molecule has 4 aromatic rings. The van der Waals surface area contributed by atoms with E-state index in [9.17, 15) is 0 Å². The SMILES string of the molecule is COc1cc(-c2ccc(C#N)cc2)c(-c2ccc3c(c2)OCCN3C)n2cncc12. The van der Waals surface area contributed by atoms with Crippen LogP contribution in [-0.2, 0) is 0 Å². The Balaban J connectivity index is 1.78. The Morgan fingerprint density at radius 3 is 2.67 bits per heavy atom. The lowest BCUT2D eigenvalue weighted by molar-refractivity contribution is 0.311. The molecule has 0 amide bonds. The smallest absolute Gasteiger partial charge is 0.145 e. The molecule has 30 heavy (non-hydrogen) atoms. The average molecular weight is 396 g/mol. The number of anilines is 1. The number of fused-ring (bicyclic) bond motifs is 2. The molecule has 148 valence electrons. The maximum atomic E-state index is 9.16. The summed E-state index contributed by atoms with van der Waals surface area (Å²) in [7, 11) is 3.73. The molecule has 6 nitrogen and oxygen atoms in total. The van der Waals surface area contributed by atoms with E-state index < -0.39 is 0 Å². The van der Waals surface area contributed by atoms with Gasteiger partial charge < -0.3 is 14.4 Å². The van der Waals surface area contributed by atoms with Gasteiger partial charge in [-0.1, -0.05) is 18.2 Å². The summed E-state index contributed by atoms with van der Waals surface area (Å²) in [5.41, 5.74) is 6.60. The zero-order valence-electron chi connectivity index (χ0n) is 16.8. The van der Waals surface area contributed by atoms with Gasteiger partial charge in [0.15, 0.2) is 0 Å². The van der Waals surface area contributed by atoms with Crippen molar-refractivity contribution in [3.8, 4) is 40.0 Å². The monoisotopic (exact) mass is 396 g/mol. The van der Waals surface area contributed by atoms with Crippen LogP contribution in [0.25, 0.3) is 27.9 Å². The van der Waals surface area contributed by atoms with Gasteiger partial charge in [0.2, 0.25) is 0 Å². The number of nitrogens with zero attached hydrogens (tertiary/aromatic N) is 4. The normalized spacial score (nSPS) is 12.9. The van der Waals surface area contributed by atoms with Crippen molar-refractivity contribution >= 4 is 11.2 Å². The molecule has 0 radical (unpaired) electrons. The Hall–Kier alpha value is -3.98. The van der Waals surface area contributed by atoms with Crippen LogP contribution in [-0.4, -0.2) is 36.7 Å². The van der Waals surface area contributed by atoms with E-state index in [0.717, 1.165) is 51.6 Å². The Kier molecular flexibility index (Phi) is 4.29. The van der Waals surface area contributed by atoms with Crippen LogP contribution in [0.2, 0.25) is 0 Å². The predicted molar refractivity (Wildman–Crippen MR) is 116 cm³/mol. The van der Waals surface area contributed by atoms with Crippen LogP contribution in [0.5, 0.6) is 11.5 Å². The van der Waals surface area contributed by atoms with Gasteiger partial charge in [0.05, 0.1) is 49.2 Å². The highest BCUT2D eigenvalue weighted by Crippen LogP contribution is 2.41. The van der Waals surface area contributed by atoms with Crippen molar-refractivity contribution in [3.63, 3.8) is 0 Å². The molecule has 6 heteroatoms. The van der Waals surface area contributed by atoms with Crippen LogP contribution in [0.15, 0.2) is 61.1 Å². The first kappa shape index (κ1) is 18.1. The van der Waals surface area contributed by atoms with Gasteiger partial charge in [-0.3, -0.25) is 4.40 Å². The fraction of sp³-hybridized carbons (Fsp3) is 0.167. The lowest BCUT2D eigenvalue weighted by Crippen LogP contribution is -2.28. The van der Waals surface area contributed by atoms with Gasteiger partial charge in [0.25, 0.3) is 0 Å². The first-order valence-electron chi connectivity index (χ1n) is 9.71. The Bertz CT molecular complexity index is 1290.